The smallest absolute Gasteiger partial charge is 0.357 e. The number of aromatic nitrogens is 1. The van der Waals surface area contributed by atoms with E-state index in [2.05, 4.69) is 31.5 Å². The van der Waals surface area contributed by atoms with Crippen molar-refractivity contribution in [3.05, 3.63) is 52.6 Å². The average molecular weight is 489 g/mol. The second-order valence-electron chi connectivity index (χ2n) is 8.75. The van der Waals surface area contributed by atoms with Crippen molar-refractivity contribution in [2.24, 2.45) is 11.3 Å². The van der Waals surface area contributed by atoms with Crippen LogP contribution < -0.4 is 10.6 Å². The molecule has 0 saturated carbocycles. The molecule has 0 spiro atoms. The Labute approximate surface area is 191 Å². The molecule has 0 unspecified atom stereocenters. The van der Waals surface area contributed by atoms with Crippen molar-refractivity contribution in [2.45, 2.75) is 33.6 Å². The summed E-state index contributed by atoms with van der Waals surface area (Å²) in [6.45, 7) is 7.79. The van der Waals surface area contributed by atoms with Gasteiger partial charge in [-0.1, -0.05) is 39.0 Å². The Morgan fingerprint density at radius 3 is 2.52 bits per heavy atom. The number of rotatable bonds is 6. The number of nitrogens with one attached hydrogen (secondary N) is 2. The first-order chi connectivity index (χ1) is 14.7. The summed E-state index contributed by atoms with van der Waals surface area (Å²) < 4.78 is 0.843. The number of hydrogen-bond donors (Lipinski definition) is 2. The minimum atomic E-state index is -0.486. The molecule has 1 aromatic carbocycles. The van der Waals surface area contributed by atoms with E-state index in [9.17, 15) is 9.59 Å². The molecule has 7 nitrogen and oxygen atoms in total. The van der Waals surface area contributed by atoms with E-state index in [-0.39, 0.29) is 11.9 Å². The Balaban J connectivity index is 1.47. The third kappa shape index (κ3) is 6.77. The fourth-order valence-corrected chi connectivity index (χ4v) is 3.51. The summed E-state index contributed by atoms with van der Waals surface area (Å²) in [6, 6.07) is 10.9. The van der Waals surface area contributed by atoms with Gasteiger partial charge in [0.2, 0.25) is 5.91 Å². The standard InChI is InChI=1S/C23H29BrN4O3/c1-23(2,3)22(30)27-20-13-19(18(24)15-26-20)25-14-16-9-11-28(12-10-16)31-21(29)17-7-5-4-6-8-17/h4-8,13,15-16H,9-12,14H2,1-3H3,(H2,25,26,27,30). The van der Waals surface area contributed by atoms with Gasteiger partial charge in [-0.05, 0) is 46.8 Å². The molecule has 2 heterocycles. The Morgan fingerprint density at radius 2 is 1.87 bits per heavy atom. The molecule has 1 saturated heterocycles. The maximum atomic E-state index is 12.2. The Kier molecular flexibility index (Phi) is 7.67. The monoisotopic (exact) mass is 488 g/mol. The zero-order valence-corrected chi connectivity index (χ0v) is 19.7. The molecule has 0 radical (unpaired) electrons. The van der Waals surface area contributed by atoms with Crippen LogP contribution in [0.5, 0.6) is 0 Å². The van der Waals surface area contributed by atoms with E-state index in [0.29, 0.717) is 30.4 Å². The van der Waals surface area contributed by atoms with Gasteiger partial charge in [0.05, 0.1) is 15.7 Å². The minimum absolute atomic E-state index is 0.0781. The van der Waals surface area contributed by atoms with Crippen molar-refractivity contribution in [1.82, 2.24) is 10.0 Å². The molecule has 1 fully saturated rings. The van der Waals surface area contributed by atoms with Crippen LogP contribution in [-0.4, -0.2) is 41.6 Å². The van der Waals surface area contributed by atoms with Gasteiger partial charge in [-0.15, -0.1) is 5.06 Å². The van der Waals surface area contributed by atoms with Crippen molar-refractivity contribution < 1.29 is 14.4 Å². The SMILES string of the molecule is CC(C)(C)C(=O)Nc1cc(NCC2CCN(OC(=O)c3ccccc3)CC2)c(Br)cn1. The van der Waals surface area contributed by atoms with Gasteiger partial charge in [0.15, 0.2) is 0 Å². The number of anilines is 2. The molecule has 0 bridgehead atoms. The summed E-state index contributed by atoms with van der Waals surface area (Å²) in [5.74, 6) is 0.584. The summed E-state index contributed by atoms with van der Waals surface area (Å²) in [5.41, 5.74) is 0.959. The number of amides is 1. The maximum Gasteiger partial charge on any atom is 0.357 e. The number of nitrogens with zero attached hydrogens (tertiary/aromatic N) is 2. The lowest BCUT2D eigenvalue weighted by molar-refractivity contribution is -0.125. The van der Waals surface area contributed by atoms with E-state index in [1.165, 1.54) is 0 Å². The van der Waals surface area contributed by atoms with Crippen LogP contribution in [0.4, 0.5) is 11.5 Å². The predicted octanol–water partition coefficient (Wildman–Crippen LogP) is 4.72. The number of carbonyl (C=O) groups excluding carboxylic acids is 2. The van der Waals surface area contributed by atoms with Crippen LogP contribution >= 0.6 is 15.9 Å². The largest absolute Gasteiger partial charge is 0.384 e. The van der Waals surface area contributed by atoms with Gasteiger partial charge in [-0.25, -0.2) is 9.78 Å². The molecule has 8 heteroatoms. The summed E-state index contributed by atoms with van der Waals surface area (Å²) in [4.78, 5) is 34.2. The van der Waals surface area contributed by atoms with E-state index in [4.69, 9.17) is 4.84 Å². The first kappa shape index (κ1) is 23.2. The molecular formula is C23H29BrN4O3. The van der Waals surface area contributed by atoms with Gasteiger partial charge in [0, 0.05) is 37.3 Å². The van der Waals surface area contributed by atoms with Crippen molar-refractivity contribution >= 4 is 39.3 Å². The number of hydroxylamine groups is 2. The average Bonchev–Trinajstić information content (AvgIpc) is 2.75. The van der Waals surface area contributed by atoms with E-state index >= 15 is 0 Å². The molecule has 0 aliphatic carbocycles. The summed E-state index contributed by atoms with van der Waals surface area (Å²) in [6.07, 6.45) is 3.53. The van der Waals surface area contributed by atoms with E-state index < -0.39 is 5.41 Å². The lowest BCUT2D eigenvalue weighted by Crippen LogP contribution is -2.37. The second-order valence-corrected chi connectivity index (χ2v) is 9.61. The Bertz CT molecular complexity index is 907. The lowest BCUT2D eigenvalue weighted by Gasteiger charge is -2.30. The molecule has 31 heavy (non-hydrogen) atoms. The number of hydrogen-bond acceptors (Lipinski definition) is 6. The van der Waals surface area contributed by atoms with Gasteiger partial charge < -0.3 is 15.5 Å². The highest BCUT2D eigenvalue weighted by atomic mass is 79.9. The van der Waals surface area contributed by atoms with E-state index in [1.807, 2.05) is 45.0 Å². The van der Waals surface area contributed by atoms with Crippen molar-refractivity contribution in [3.8, 4) is 0 Å². The maximum absolute atomic E-state index is 12.2. The minimum Gasteiger partial charge on any atom is -0.384 e. The number of halogens is 1. The van der Waals surface area contributed by atoms with Crippen LogP contribution in [0.1, 0.15) is 44.0 Å². The molecule has 0 atom stereocenters. The zero-order valence-electron chi connectivity index (χ0n) is 18.2. The fraction of sp³-hybridized carbons (Fsp3) is 0.435. The highest BCUT2D eigenvalue weighted by molar-refractivity contribution is 9.10. The summed E-state index contributed by atoms with van der Waals surface area (Å²) in [7, 11) is 0. The van der Waals surface area contributed by atoms with Crippen molar-refractivity contribution in [3.63, 3.8) is 0 Å². The fourth-order valence-electron chi connectivity index (χ4n) is 3.15. The third-order valence-corrected chi connectivity index (χ3v) is 5.79. The predicted molar refractivity (Wildman–Crippen MR) is 125 cm³/mol. The van der Waals surface area contributed by atoms with Crippen molar-refractivity contribution in [2.75, 3.05) is 30.3 Å². The van der Waals surface area contributed by atoms with Gasteiger partial charge in [-0.3, -0.25) is 4.79 Å². The Hall–Kier alpha value is -2.45. The van der Waals surface area contributed by atoms with Crippen LogP contribution in [0, 0.1) is 11.3 Å². The highest BCUT2D eigenvalue weighted by Crippen LogP contribution is 2.27. The van der Waals surface area contributed by atoms with Crippen LogP contribution in [0.3, 0.4) is 0 Å². The van der Waals surface area contributed by atoms with Gasteiger partial charge >= 0.3 is 5.97 Å². The van der Waals surface area contributed by atoms with Crippen LogP contribution in [-0.2, 0) is 9.63 Å². The molecule has 3 rings (SSSR count). The molecular weight excluding hydrogens is 460 g/mol. The van der Waals surface area contributed by atoms with Crippen LogP contribution in [0.25, 0.3) is 0 Å². The van der Waals surface area contributed by atoms with Gasteiger partial charge in [0.1, 0.15) is 5.82 Å². The molecule has 1 aliphatic rings. The number of carbonyl (C=O) groups is 2. The highest BCUT2D eigenvalue weighted by Gasteiger charge is 2.24. The molecule has 2 aromatic rings. The molecule has 1 amide bonds. The van der Waals surface area contributed by atoms with Gasteiger partial charge in [0.25, 0.3) is 0 Å². The topological polar surface area (TPSA) is 83.6 Å². The molecule has 166 valence electrons. The number of pyridine rings is 1. The normalized spacial score (nSPS) is 15.4. The first-order valence-corrected chi connectivity index (χ1v) is 11.2. The van der Waals surface area contributed by atoms with E-state index in [0.717, 1.165) is 29.5 Å². The molecule has 1 aromatic heterocycles. The second kappa shape index (κ2) is 10.2. The van der Waals surface area contributed by atoms with Crippen molar-refractivity contribution in [1.29, 1.82) is 0 Å². The van der Waals surface area contributed by atoms with Crippen LogP contribution in [0.15, 0.2) is 47.1 Å². The Morgan fingerprint density at radius 1 is 1.19 bits per heavy atom. The summed E-state index contributed by atoms with van der Waals surface area (Å²) in [5, 5.41) is 8.06. The first-order valence-electron chi connectivity index (χ1n) is 10.5. The number of piperidine rings is 1. The zero-order chi connectivity index (χ0) is 22.4. The number of benzene rings is 1. The summed E-state index contributed by atoms with van der Waals surface area (Å²) >= 11 is 3.52. The quantitative estimate of drug-likeness (QED) is 0.611. The molecule has 2 N–H and O–H groups in total. The van der Waals surface area contributed by atoms with Gasteiger partial charge in [-0.2, -0.15) is 0 Å². The lowest BCUT2D eigenvalue weighted by atomic mass is 9.96. The van der Waals surface area contributed by atoms with Crippen LogP contribution in [0.2, 0.25) is 0 Å². The van der Waals surface area contributed by atoms with E-state index in [1.54, 1.807) is 23.4 Å². The third-order valence-electron chi connectivity index (χ3n) is 5.15. The molecule has 1 aliphatic heterocycles.